The lowest BCUT2D eigenvalue weighted by Crippen LogP contribution is -2.12. The number of benzene rings is 2. The van der Waals surface area contributed by atoms with E-state index in [0.29, 0.717) is 5.84 Å². The standard InChI is InChI=1S/C16H15N3O/c1-18-16(17)14-10-19(11-6-8-12(20)9-7-11)15-5-3-2-4-13(14)15/h2-10,20H,1H3,(H2,17,18). The average molecular weight is 265 g/mol. The summed E-state index contributed by atoms with van der Waals surface area (Å²) in [7, 11) is 1.68. The van der Waals surface area contributed by atoms with E-state index in [4.69, 9.17) is 5.73 Å². The number of phenolic OH excluding ortho intramolecular Hbond substituents is 1. The fourth-order valence-electron chi connectivity index (χ4n) is 2.33. The molecule has 4 heteroatoms. The molecule has 0 aliphatic rings. The maximum Gasteiger partial charge on any atom is 0.127 e. The van der Waals surface area contributed by atoms with Crippen molar-refractivity contribution in [3.05, 3.63) is 60.3 Å². The van der Waals surface area contributed by atoms with Gasteiger partial charge in [0.2, 0.25) is 0 Å². The summed E-state index contributed by atoms with van der Waals surface area (Å²) < 4.78 is 2.04. The Bertz CT molecular complexity index is 785. The molecule has 0 aliphatic carbocycles. The fraction of sp³-hybridized carbons (Fsp3) is 0.0625. The number of aromatic nitrogens is 1. The summed E-state index contributed by atoms with van der Waals surface area (Å²) in [6.07, 6.45) is 1.97. The zero-order chi connectivity index (χ0) is 14.1. The minimum absolute atomic E-state index is 0.250. The van der Waals surface area contributed by atoms with Gasteiger partial charge in [-0.25, -0.2) is 0 Å². The molecule has 4 nitrogen and oxygen atoms in total. The summed E-state index contributed by atoms with van der Waals surface area (Å²) in [6.45, 7) is 0. The number of fused-ring (bicyclic) bond motifs is 1. The van der Waals surface area contributed by atoms with Crippen molar-refractivity contribution in [2.75, 3.05) is 7.05 Å². The number of para-hydroxylation sites is 1. The molecule has 0 spiro atoms. The summed E-state index contributed by atoms with van der Waals surface area (Å²) in [5, 5.41) is 10.5. The third kappa shape index (κ3) is 1.91. The number of amidine groups is 1. The van der Waals surface area contributed by atoms with Crippen LogP contribution in [0.25, 0.3) is 16.6 Å². The molecule has 3 N–H and O–H groups in total. The van der Waals surface area contributed by atoms with Crippen LogP contribution < -0.4 is 5.73 Å². The second kappa shape index (κ2) is 4.74. The van der Waals surface area contributed by atoms with Gasteiger partial charge in [-0.3, -0.25) is 4.99 Å². The van der Waals surface area contributed by atoms with Crippen LogP contribution in [-0.4, -0.2) is 22.6 Å². The Kier molecular flexibility index (Phi) is 2.91. The second-order valence-corrected chi connectivity index (χ2v) is 4.56. The second-order valence-electron chi connectivity index (χ2n) is 4.56. The Balaban J connectivity index is 2.29. The third-order valence-electron chi connectivity index (χ3n) is 3.36. The number of aliphatic imine (C=N–C) groups is 1. The van der Waals surface area contributed by atoms with E-state index in [1.807, 2.05) is 47.2 Å². The van der Waals surface area contributed by atoms with Crippen LogP contribution in [-0.2, 0) is 0 Å². The molecule has 0 fully saturated rings. The molecule has 0 saturated heterocycles. The molecule has 1 aromatic heterocycles. The van der Waals surface area contributed by atoms with E-state index < -0.39 is 0 Å². The SMILES string of the molecule is CN=C(N)c1cn(-c2ccc(O)cc2)c2ccccc12. The van der Waals surface area contributed by atoms with Crippen molar-refractivity contribution in [2.24, 2.45) is 10.7 Å². The topological polar surface area (TPSA) is 63.5 Å². The Morgan fingerprint density at radius 2 is 1.80 bits per heavy atom. The molecule has 3 aromatic rings. The number of nitrogens with zero attached hydrogens (tertiary/aromatic N) is 2. The summed E-state index contributed by atoms with van der Waals surface area (Å²) in [5.41, 5.74) is 8.91. The molecule has 1 heterocycles. The fourth-order valence-corrected chi connectivity index (χ4v) is 2.33. The maximum atomic E-state index is 9.40. The van der Waals surface area contributed by atoms with Crippen molar-refractivity contribution in [1.29, 1.82) is 0 Å². The first-order valence-electron chi connectivity index (χ1n) is 6.33. The number of phenols is 1. The highest BCUT2D eigenvalue weighted by Gasteiger charge is 2.11. The molecular weight excluding hydrogens is 250 g/mol. The number of rotatable bonds is 2. The van der Waals surface area contributed by atoms with Crippen LogP contribution in [0, 0.1) is 0 Å². The molecular formula is C16H15N3O. The van der Waals surface area contributed by atoms with Crippen LogP contribution in [0.4, 0.5) is 0 Å². The van der Waals surface area contributed by atoms with Gasteiger partial charge in [0.25, 0.3) is 0 Å². The molecule has 0 aliphatic heterocycles. The predicted molar refractivity (Wildman–Crippen MR) is 81.6 cm³/mol. The van der Waals surface area contributed by atoms with E-state index >= 15 is 0 Å². The Morgan fingerprint density at radius 1 is 1.10 bits per heavy atom. The summed E-state index contributed by atoms with van der Waals surface area (Å²) in [5.74, 6) is 0.763. The molecule has 2 aromatic carbocycles. The minimum atomic E-state index is 0.250. The zero-order valence-electron chi connectivity index (χ0n) is 11.1. The molecule has 0 radical (unpaired) electrons. The van der Waals surface area contributed by atoms with Crippen molar-refractivity contribution in [2.45, 2.75) is 0 Å². The van der Waals surface area contributed by atoms with Gasteiger partial charge in [0, 0.05) is 29.9 Å². The van der Waals surface area contributed by atoms with Crippen molar-refractivity contribution in [3.63, 3.8) is 0 Å². The van der Waals surface area contributed by atoms with E-state index in [1.165, 1.54) is 0 Å². The van der Waals surface area contributed by atoms with Crippen molar-refractivity contribution >= 4 is 16.7 Å². The van der Waals surface area contributed by atoms with Crippen LogP contribution >= 0.6 is 0 Å². The van der Waals surface area contributed by atoms with Crippen LogP contribution in [0.1, 0.15) is 5.56 Å². The van der Waals surface area contributed by atoms with Gasteiger partial charge in [0.15, 0.2) is 0 Å². The molecule has 0 unspecified atom stereocenters. The molecule has 100 valence electrons. The predicted octanol–water partition coefficient (Wildman–Crippen LogP) is 2.67. The van der Waals surface area contributed by atoms with Crippen molar-refractivity contribution in [1.82, 2.24) is 4.57 Å². The average Bonchev–Trinajstić information content (AvgIpc) is 2.87. The minimum Gasteiger partial charge on any atom is -0.508 e. The normalized spacial score (nSPS) is 11.9. The molecule has 3 rings (SSSR count). The summed E-state index contributed by atoms with van der Waals surface area (Å²) >= 11 is 0. The van der Waals surface area contributed by atoms with Gasteiger partial charge >= 0.3 is 0 Å². The molecule has 20 heavy (non-hydrogen) atoms. The number of hydrogen-bond donors (Lipinski definition) is 2. The molecule has 0 bridgehead atoms. The zero-order valence-corrected chi connectivity index (χ0v) is 11.1. The monoisotopic (exact) mass is 265 g/mol. The van der Waals surface area contributed by atoms with Gasteiger partial charge in [-0.05, 0) is 30.3 Å². The van der Waals surface area contributed by atoms with Crippen LogP contribution in [0.3, 0.4) is 0 Å². The quantitative estimate of drug-likeness (QED) is 0.552. The highest BCUT2D eigenvalue weighted by atomic mass is 16.3. The summed E-state index contributed by atoms with van der Waals surface area (Å²) in [6, 6.07) is 15.1. The van der Waals surface area contributed by atoms with E-state index in [0.717, 1.165) is 22.2 Å². The van der Waals surface area contributed by atoms with Gasteiger partial charge in [0.05, 0.1) is 5.52 Å². The van der Waals surface area contributed by atoms with E-state index in [1.54, 1.807) is 19.2 Å². The first kappa shape index (κ1) is 12.3. The van der Waals surface area contributed by atoms with Gasteiger partial charge in [-0.1, -0.05) is 18.2 Å². The van der Waals surface area contributed by atoms with Gasteiger partial charge in [0.1, 0.15) is 11.6 Å². The first-order chi connectivity index (χ1) is 9.70. The molecule has 0 atom stereocenters. The number of nitrogens with two attached hydrogens (primary N) is 1. The highest BCUT2D eigenvalue weighted by Crippen LogP contribution is 2.25. The largest absolute Gasteiger partial charge is 0.508 e. The Morgan fingerprint density at radius 3 is 2.50 bits per heavy atom. The van der Waals surface area contributed by atoms with Crippen LogP contribution in [0.5, 0.6) is 5.75 Å². The van der Waals surface area contributed by atoms with Crippen molar-refractivity contribution < 1.29 is 5.11 Å². The highest BCUT2D eigenvalue weighted by molar-refractivity contribution is 6.09. The van der Waals surface area contributed by atoms with E-state index in [-0.39, 0.29) is 5.75 Å². The lowest BCUT2D eigenvalue weighted by atomic mass is 10.1. The van der Waals surface area contributed by atoms with Gasteiger partial charge in [-0.2, -0.15) is 0 Å². The van der Waals surface area contributed by atoms with E-state index in [9.17, 15) is 5.11 Å². The Hall–Kier alpha value is -2.75. The lowest BCUT2D eigenvalue weighted by molar-refractivity contribution is 0.475. The maximum absolute atomic E-state index is 9.40. The smallest absolute Gasteiger partial charge is 0.127 e. The van der Waals surface area contributed by atoms with Gasteiger partial charge < -0.3 is 15.4 Å². The number of aromatic hydroxyl groups is 1. The molecule has 0 amide bonds. The van der Waals surface area contributed by atoms with Gasteiger partial charge in [-0.15, -0.1) is 0 Å². The third-order valence-corrected chi connectivity index (χ3v) is 3.36. The summed E-state index contributed by atoms with van der Waals surface area (Å²) in [4.78, 5) is 4.07. The lowest BCUT2D eigenvalue weighted by Gasteiger charge is -2.05. The van der Waals surface area contributed by atoms with Crippen molar-refractivity contribution in [3.8, 4) is 11.4 Å². The van der Waals surface area contributed by atoms with Crippen LogP contribution in [0.15, 0.2) is 59.7 Å². The number of hydrogen-bond acceptors (Lipinski definition) is 2. The van der Waals surface area contributed by atoms with Crippen LogP contribution in [0.2, 0.25) is 0 Å². The first-order valence-corrected chi connectivity index (χ1v) is 6.33. The molecule has 0 saturated carbocycles. The Labute approximate surface area is 116 Å². The van der Waals surface area contributed by atoms with E-state index in [2.05, 4.69) is 4.99 Å².